The number of carbonyl (C=O) groups is 1. The maximum absolute atomic E-state index is 10.6. The van der Waals surface area contributed by atoms with E-state index in [0.29, 0.717) is 12.8 Å². The molecule has 0 heterocycles. The van der Waals surface area contributed by atoms with E-state index in [1.54, 1.807) is 0 Å². The molecule has 0 aromatic heterocycles. The summed E-state index contributed by atoms with van der Waals surface area (Å²) in [7, 11) is 0. The number of hydrogen-bond acceptors (Lipinski definition) is 2. The molecule has 0 aliphatic heterocycles. The van der Waals surface area contributed by atoms with Crippen molar-refractivity contribution in [2.75, 3.05) is 0 Å². The van der Waals surface area contributed by atoms with Crippen LogP contribution >= 0.6 is 0 Å². The molecule has 0 aromatic rings. The van der Waals surface area contributed by atoms with Crippen molar-refractivity contribution in [2.45, 2.75) is 37.6 Å². The van der Waals surface area contributed by atoms with Crippen LogP contribution in [0.2, 0.25) is 0 Å². The normalized spacial score (nSPS) is 21.9. The van der Waals surface area contributed by atoms with Crippen LogP contribution in [-0.4, -0.2) is 16.6 Å². The third-order valence-electron chi connectivity index (χ3n) is 2.17. The first-order valence-electron chi connectivity index (χ1n) is 3.67. The topological polar surface area (TPSA) is 63.3 Å². The van der Waals surface area contributed by atoms with Crippen molar-refractivity contribution in [3.8, 4) is 0 Å². The van der Waals surface area contributed by atoms with Crippen molar-refractivity contribution in [1.82, 2.24) is 0 Å². The van der Waals surface area contributed by atoms with E-state index in [4.69, 9.17) is 10.8 Å². The molecule has 1 rings (SSSR count). The molecule has 0 spiro atoms. The fourth-order valence-electron chi connectivity index (χ4n) is 1.40. The summed E-state index contributed by atoms with van der Waals surface area (Å²) in [4.78, 5) is 10.6. The van der Waals surface area contributed by atoms with Crippen LogP contribution in [0.1, 0.15) is 33.5 Å². The first-order valence-corrected chi connectivity index (χ1v) is 3.67. The third kappa shape index (κ3) is 3.38. The van der Waals surface area contributed by atoms with Crippen LogP contribution in [0.4, 0.5) is 0 Å². The molecule has 0 unspecified atom stereocenters. The summed E-state index contributed by atoms with van der Waals surface area (Å²) in [5.41, 5.74) is 4.70. The smallest absolute Gasteiger partial charge is 1.00 e. The van der Waals surface area contributed by atoms with E-state index in [1.807, 2.05) is 0 Å². The van der Waals surface area contributed by atoms with Gasteiger partial charge in [0.2, 0.25) is 0 Å². The van der Waals surface area contributed by atoms with Gasteiger partial charge in [-0.05, 0) is 12.8 Å². The van der Waals surface area contributed by atoms with Crippen molar-refractivity contribution in [3.05, 3.63) is 0 Å². The Bertz CT molecular complexity index is 148. The van der Waals surface area contributed by atoms with Crippen molar-refractivity contribution < 1.29 is 80.2 Å². The number of rotatable bonds is 1. The number of aliphatic carboxylic acids is 1. The quantitative estimate of drug-likeness (QED) is 0.574. The van der Waals surface area contributed by atoms with Crippen LogP contribution in [0.25, 0.3) is 0 Å². The minimum absolute atomic E-state index is 0. The Labute approximate surface area is 127 Å². The third-order valence-corrected chi connectivity index (χ3v) is 2.17. The van der Waals surface area contributed by atoms with E-state index in [2.05, 4.69) is 0 Å². The molecule has 3 nitrogen and oxygen atoms in total. The van der Waals surface area contributed by atoms with Crippen LogP contribution in [0.3, 0.4) is 0 Å². The molecule has 60 valence electrons. The molecule has 0 saturated heterocycles. The Kier molecular flexibility index (Phi) is 5.97. The molecule has 0 amide bonds. The van der Waals surface area contributed by atoms with Gasteiger partial charge in [-0.15, -0.1) is 0 Å². The molecular weight excluding hydrogens is 263 g/mol. The summed E-state index contributed by atoms with van der Waals surface area (Å²) in [6.07, 6.45) is 4.34. The number of carboxylic acid groups (broad SMARTS) is 1. The summed E-state index contributed by atoms with van der Waals surface area (Å²) < 4.78 is 0. The first-order chi connectivity index (χ1) is 4.65. The van der Waals surface area contributed by atoms with Crippen molar-refractivity contribution in [2.24, 2.45) is 5.73 Å². The summed E-state index contributed by atoms with van der Waals surface area (Å²) in [6.45, 7) is 0. The minimum Gasteiger partial charge on any atom is -1.00 e. The number of carboxylic acids is 1. The molecule has 0 aromatic carbocycles. The molecular formula is C7H14CsNO2. The minimum atomic E-state index is -0.905. The van der Waals surface area contributed by atoms with Crippen LogP contribution in [0.15, 0.2) is 0 Å². The molecule has 4 heteroatoms. The predicted octanol–water partition coefficient (Wildman–Crippen LogP) is -2.15. The van der Waals surface area contributed by atoms with Gasteiger partial charge in [-0.25, -0.2) is 0 Å². The van der Waals surface area contributed by atoms with Crippen molar-refractivity contribution in [1.29, 1.82) is 0 Å². The van der Waals surface area contributed by atoms with E-state index in [-0.39, 0.29) is 70.3 Å². The van der Waals surface area contributed by atoms with Gasteiger partial charge < -0.3 is 12.3 Å². The fraction of sp³-hybridized carbons (Fsp3) is 0.857. The van der Waals surface area contributed by atoms with E-state index in [1.165, 1.54) is 0 Å². The Morgan fingerprint density at radius 1 is 1.36 bits per heavy atom. The monoisotopic (exact) mass is 277 g/mol. The SMILES string of the molecule is NC1(C(=O)O)CCCCC1.[Cs+].[H-]. The summed E-state index contributed by atoms with van der Waals surface area (Å²) >= 11 is 0. The first kappa shape index (κ1) is 12.5. The van der Waals surface area contributed by atoms with Crippen LogP contribution in [-0.2, 0) is 4.79 Å². The van der Waals surface area contributed by atoms with E-state index in [0.717, 1.165) is 19.3 Å². The Morgan fingerprint density at radius 2 is 1.82 bits per heavy atom. The van der Waals surface area contributed by atoms with Crippen LogP contribution in [0, 0.1) is 0 Å². The maximum Gasteiger partial charge on any atom is 1.00 e. The van der Waals surface area contributed by atoms with Crippen molar-refractivity contribution in [3.63, 3.8) is 0 Å². The van der Waals surface area contributed by atoms with Gasteiger partial charge in [0.25, 0.3) is 0 Å². The molecule has 1 saturated carbocycles. The summed E-state index contributed by atoms with van der Waals surface area (Å²) in [5.74, 6) is -0.841. The second kappa shape index (κ2) is 5.26. The number of nitrogens with two attached hydrogens (primary N) is 1. The van der Waals surface area contributed by atoms with Crippen LogP contribution in [0.5, 0.6) is 0 Å². The zero-order valence-corrected chi connectivity index (χ0v) is 13.2. The number of hydrogen-bond donors (Lipinski definition) is 2. The van der Waals surface area contributed by atoms with Gasteiger partial charge in [0.05, 0.1) is 0 Å². The van der Waals surface area contributed by atoms with Gasteiger partial charge in [0.15, 0.2) is 0 Å². The molecule has 0 bridgehead atoms. The Balaban J connectivity index is 0. The zero-order chi connectivity index (χ0) is 7.61. The molecule has 0 atom stereocenters. The largest absolute Gasteiger partial charge is 1.00 e. The molecule has 3 N–H and O–H groups in total. The van der Waals surface area contributed by atoms with E-state index < -0.39 is 11.5 Å². The second-order valence-corrected chi connectivity index (χ2v) is 3.02. The average Bonchev–Trinajstić information content (AvgIpc) is 1.89. The molecule has 0 radical (unpaired) electrons. The summed E-state index contributed by atoms with van der Waals surface area (Å²) in [6, 6.07) is 0. The van der Waals surface area contributed by atoms with Gasteiger partial charge in [-0.1, -0.05) is 19.3 Å². The maximum atomic E-state index is 10.6. The Hall–Kier alpha value is 1.48. The van der Waals surface area contributed by atoms with Gasteiger partial charge in [-0.3, -0.25) is 4.79 Å². The van der Waals surface area contributed by atoms with Gasteiger partial charge in [-0.2, -0.15) is 0 Å². The molecule has 1 aliphatic rings. The molecule has 11 heavy (non-hydrogen) atoms. The van der Waals surface area contributed by atoms with Crippen molar-refractivity contribution >= 4 is 5.97 Å². The summed E-state index contributed by atoms with van der Waals surface area (Å²) in [5, 5.41) is 8.67. The van der Waals surface area contributed by atoms with Gasteiger partial charge in [0, 0.05) is 0 Å². The fourth-order valence-corrected chi connectivity index (χ4v) is 1.40. The van der Waals surface area contributed by atoms with E-state index >= 15 is 0 Å². The molecule has 1 fully saturated rings. The Morgan fingerprint density at radius 3 is 2.09 bits per heavy atom. The van der Waals surface area contributed by atoms with Gasteiger partial charge >= 0.3 is 74.9 Å². The average molecular weight is 277 g/mol. The predicted molar refractivity (Wildman–Crippen MR) is 38.8 cm³/mol. The van der Waals surface area contributed by atoms with E-state index in [9.17, 15) is 4.79 Å². The van der Waals surface area contributed by atoms with Crippen LogP contribution < -0.4 is 74.6 Å². The zero-order valence-electron chi connectivity index (χ0n) is 7.97. The van der Waals surface area contributed by atoms with Gasteiger partial charge in [0.1, 0.15) is 5.54 Å². The second-order valence-electron chi connectivity index (χ2n) is 3.02. The molecule has 1 aliphatic carbocycles. The standard InChI is InChI=1S/C7H13NO2.Cs.H/c8-7(6(9)10)4-2-1-3-5-7;;/h1-5,8H2,(H,9,10);;/q;+1;-1.